The third-order valence-corrected chi connectivity index (χ3v) is 3.21. The molecule has 0 aliphatic carbocycles. The molecule has 1 heterocycles. The summed E-state index contributed by atoms with van der Waals surface area (Å²) >= 11 is 0. The van der Waals surface area contributed by atoms with Crippen LogP contribution in [0.15, 0.2) is 23.0 Å². The molecule has 0 aromatic carbocycles. The molecule has 0 aliphatic rings. The molecule has 16 heavy (non-hydrogen) atoms. The zero-order valence-electron chi connectivity index (χ0n) is 10.3. The molecule has 1 rings (SSSR count). The molecule has 0 aliphatic heterocycles. The Kier molecular flexibility index (Phi) is 3.43. The van der Waals surface area contributed by atoms with E-state index in [0.717, 1.165) is 5.56 Å². The summed E-state index contributed by atoms with van der Waals surface area (Å²) < 4.78 is 4.92. The fraction of sp³-hybridized carbons (Fsp3) is 0.583. The fourth-order valence-electron chi connectivity index (χ4n) is 1.09. The van der Waals surface area contributed by atoms with E-state index in [0.29, 0.717) is 6.54 Å². The second-order valence-corrected chi connectivity index (χ2v) is 5.16. The van der Waals surface area contributed by atoms with Crippen LogP contribution in [0.25, 0.3) is 0 Å². The van der Waals surface area contributed by atoms with Gasteiger partial charge in [0.15, 0.2) is 0 Å². The van der Waals surface area contributed by atoms with E-state index in [-0.39, 0.29) is 5.91 Å². The standard InChI is InChI=1S/C12H20N2O2/c1-11(2,12(3,4)13)10(15)14-7-9-5-6-16-8-9/h5-6,8H,7,13H2,1-4H3,(H,14,15). The lowest BCUT2D eigenvalue weighted by molar-refractivity contribution is -0.132. The zero-order chi connectivity index (χ0) is 12.4. The van der Waals surface area contributed by atoms with Crippen LogP contribution in [0.3, 0.4) is 0 Å². The predicted octanol–water partition coefficient (Wildman–Crippen LogP) is 1.66. The quantitative estimate of drug-likeness (QED) is 0.817. The van der Waals surface area contributed by atoms with Gasteiger partial charge < -0.3 is 15.5 Å². The van der Waals surface area contributed by atoms with Crippen LogP contribution in [0, 0.1) is 5.41 Å². The summed E-state index contributed by atoms with van der Waals surface area (Å²) in [6.45, 7) is 7.86. The Morgan fingerprint density at radius 2 is 2.06 bits per heavy atom. The number of nitrogens with one attached hydrogen (secondary N) is 1. The number of carbonyl (C=O) groups excluding carboxylic acids is 1. The first kappa shape index (κ1) is 12.8. The summed E-state index contributed by atoms with van der Waals surface area (Å²) in [6.07, 6.45) is 3.19. The molecule has 0 unspecified atom stereocenters. The van der Waals surface area contributed by atoms with Crippen molar-refractivity contribution in [2.75, 3.05) is 0 Å². The molecule has 1 amide bonds. The summed E-state index contributed by atoms with van der Waals surface area (Å²) in [5.41, 5.74) is 5.75. The highest BCUT2D eigenvalue weighted by atomic mass is 16.3. The molecule has 3 N–H and O–H groups in total. The maximum atomic E-state index is 12.0. The molecular weight excluding hydrogens is 204 g/mol. The number of carbonyl (C=O) groups is 1. The van der Waals surface area contributed by atoms with Crippen molar-refractivity contribution in [3.05, 3.63) is 24.2 Å². The van der Waals surface area contributed by atoms with Crippen molar-refractivity contribution in [3.63, 3.8) is 0 Å². The minimum atomic E-state index is -0.614. The van der Waals surface area contributed by atoms with Gasteiger partial charge in [-0.25, -0.2) is 0 Å². The Labute approximate surface area is 96.2 Å². The lowest BCUT2D eigenvalue weighted by Crippen LogP contribution is -2.55. The molecule has 4 nitrogen and oxygen atoms in total. The van der Waals surface area contributed by atoms with Gasteiger partial charge in [0.1, 0.15) is 0 Å². The molecule has 4 heteroatoms. The lowest BCUT2D eigenvalue weighted by Gasteiger charge is -2.36. The zero-order valence-corrected chi connectivity index (χ0v) is 10.3. The SMILES string of the molecule is CC(C)(N)C(C)(C)C(=O)NCc1ccoc1. The molecule has 0 bridgehead atoms. The Hall–Kier alpha value is -1.29. The number of hydrogen-bond donors (Lipinski definition) is 2. The lowest BCUT2D eigenvalue weighted by atomic mass is 9.74. The average Bonchev–Trinajstić information content (AvgIpc) is 2.64. The van der Waals surface area contributed by atoms with Crippen LogP contribution in [0.4, 0.5) is 0 Å². The van der Waals surface area contributed by atoms with Crippen LogP contribution < -0.4 is 11.1 Å². The number of rotatable bonds is 4. The molecule has 0 saturated heterocycles. The molecule has 0 radical (unpaired) electrons. The third-order valence-electron chi connectivity index (χ3n) is 3.21. The van der Waals surface area contributed by atoms with Crippen LogP contribution in [0.5, 0.6) is 0 Å². The molecular formula is C12H20N2O2. The second kappa shape index (κ2) is 4.29. The van der Waals surface area contributed by atoms with Gasteiger partial charge in [-0.1, -0.05) is 0 Å². The van der Waals surface area contributed by atoms with Crippen LogP contribution in [0.2, 0.25) is 0 Å². The second-order valence-electron chi connectivity index (χ2n) is 5.16. The maximum absolute atomic E-state index is 12.0. The van der Waals surface area contributed by atoms with E-state index in [2.05, 4.69) is 5.32 Å². The van der Waals surface area contributed by atoms with Gasteiger partial charge in [0, 0.05) is 17.6 Å². The van der Waals surface area contributed by atoms with Gasteiger partial charge in [-0.15, -0.1) is 0 Å². The van der Waals surface area contributed by atoms with Crippen molar-refractivity contribution >= 4 is 5.91 Å². The summed E-state index contributed by atoms with van der Waals surface area (Å²) in [5, 5.41) is 2.85. The highest BCUT2D eigenvalue weighted by Gasteiger charge is 2.40. The van der Waals surface area contributed by atoms with E-state index in [9.17, 15) is 4.79 Å². The van der Waals surface area contributed by atoms with Crippen LogP contribution >= 0.6 is 0 Å². The van der Waals surface area contributed by atoms with Gasteiger partial charge in [-0.2, -0.15) is 0 Å². The van der Waals surface area contributed by atoms with Crippen molar-refractivity contribution < 1.29 is 9.21 Å². The largest absolute Gasteiger partial charge is 0.472 e. The van der Waals surface area contributed by atoms with Gasteiger partial charge in [-0.3, -0.25) is 4.79 Å². The fourth-order valence-corrected chi connectivity index (χ4v) is 1.09. The van der Waals surface area contributed by atoms with E-state index in [1.807, 2.05) is 33.8 Å². The predicted molar refractivity (Wildman–Crippen MR) is 62.6 cm³/mol. The summed E-state index contributed by atoms with van der Waals surface area (Å²) in [5.74, 6) is -0.0544. The topological polar surface area (TPSA) is 68.3 Å². The molecule has 1 aromatic heterocycles. The third kappa shape index (κ3) is 2.64. The Morgan fingerprint density at radius 1 is 1.44 bits per heavy atom. The van der Waals surface area contributed by atoms with Gasteiger partial charge in [-0.05, 0) is 33.8 Å². The molecule has 0 saturated carbocycles. The molecule has 1 aromatic rings. The van der Waals surface area contributed by atoms with Gasteiger partial charge in [0.2, 0.25) is 5.91 Å². The van der Waals surface area contributed by atoms with Gasteiger partial charge in [0.25, 0.3) is 0 Å². The van der Waals surface area contributed by atoms with Crippen molar-refractivity contribution in [1.29, 1.82) is 0 Å². The minimum absolute atomic E-state index is 0.0544. The van der Waals surface area contributed by atoms with Crippen LogP contribution in [-0.4, -0.2) is 11.4 Å². The highest BCUT2D eigenvalue weighted by molar-refractivity contribution is 5.83. The number of nitrogens with two attached hydrogens (primary N) is 1. The van der Waals surface area contributed by atoms with E-state index in [1.165, 1.54) is 0 Å². The Balaban J connectivity index is 2.59. The smallest absolute Gasteiger partial charge is 0.227 e. The van der Waals surface area contributed by atoms with Gasteiger partial charge >= 0.3 is 0 Å². The van der Waals surface area contributed by atoms with Crippen molar-refractivity contribution in [2.24, 2.45) is 11.1 Å². The van der Waals surface area contributed by atoms with E-state index >= 15 is 0 Å². The highest BCUT2D eigenvalue weighted by Crippen LogP contribution is 2.28. The first-order chi connectivity index (χ1) is 7.25. The Morgan fingerprint density at radius 3 is 2.50 bits per heavy atom. The molecule has 0 fully saturated rings. The Bertz CT molecular complexity index is 348. The number of amides is 1. The summed E-state index contributed by atoms with van der Waals surface area (Å²) in [6, 6.07) is 1.82. The first-order valence-electron chi connectivity index (χ1n) is 5.33. The first-order valence-corrected chi connectivity index (χ1v) is 5.33. The summed E-state index contributed by atoms with van der Waals surface area (Å²) in [4.78, 5) is 12.0. The van der Waals surface area contributed by atoms with Crippen molar-refractivity contribution in [2.45, 2.75) is 39.8 Å². The molecule has 0 spiro atoms. The van der Waals surface area contributed by atoms with Crippen LogP contribution in [0.1, 0.15) is 33.3 Å². The van der Waals surface area contributed by atoms with E-state index < -0.39 is 11.0 Å². The van der Waals surface area contributed by atoms with Gasteiger partial charge in [0.05, 0.1) is 17.9 Å². The maximum Gasteiger partial charge on any atom is 0.227 e. The molecule has 90 valence electrons. The van der Waals surface area contributed by atoms with Crippen LogP contribution in [-0.2, 0) is 11.3 Å². The van der Waals surface area contributed by atoms with E-state index in [4.69, 9.17) is 10.2 Å². The van der Waals surface area contributed by atoms with E-state index in [1.54, 1.807) is 12.5 Å². The monoisotopic (exact) mass is 224 g/mol. The van der Waals surface area contributed by atoms with Crippen molar-refractivity contribution in [1.82, 2.24) is 5.32 Å². The number of hydrogen-bond acceptors (Lipinski definition) is 3. The average molecular weight is 224 g/mol. The summed E-state index contributed by atoms with van der Waals surface area (Å²) in [7, 11) is 0. The minimum Gasteiger partial charge on any atom is -0.472 e. The number of furan rings is 1. The molecule has 0 atom stereocenters. The normalized spacial score (nSPS) is 12.6. The van der Waals surface area contributed by atoms with Crippen molar-refractivity contribution in [3.8, 4) is 0 Å².